The van der Waals surface area contributed by atoms with Crippen molar-refractivity contribution < 1.29 is 14.0 Å². The van der Waals surface area contributed by atoms with Crippen LogP contribution >= 0.6 is 0 Å². The van der Waals surface area contributed by atoms with Gasteiger partial charge in [-0.3, -0.25) is 9.59 Å². The maximum atomic E-state index is 13.6. The predicted molar refractivity (Wildman–Crippen MR) is 127 cm³/mol. The molecule has 34 heavy (non-hydrogen) atoms. The number of amides is 2. The number of nitrogens with one attached hydrogen (secondary N) is 1. The molecule has 0 aliphatic carbocycles. The molecular weight excluding hydrogens is 433 g/mol. The predicted octanol–water partition coefficient (Wildman–Crippen LogP) is 4.29. The summed E-state index contributed by atoms with van der Waals surface area (Å²) in [5, 5.41) is 7.28. The van der Waals surface area contributed by atoms with Crippen molar-refractivity contribution in [3.8, 4) is 11.5 Å². The zero-order valence-electron chi connectivity index (χ0n) is 18.5. The summed E-state index contributed by atoms with van der Waals surface area (Å²) in [6.45, 7) is 0.853. The number of halogens is 1. The summed E-state index contributed by atoms with van der Waals surface area (Å²) in [5.41, 5.74) is 1.72. The molecule has 5 rings (SSSR count). The van der Waals surface area contributed by atoms with E-state index in [1.165, 1.54) is 12.1 Å². The largest absolute Gasteiger partial charge is 0.338 e. The summed E-state index contributed by atoms with van der Waals surface area (Å²) in [6.07, 6.45) is 6.70. The summed E-state index contributed by atoms with van der Waals surface area (Å²) < 4.78 is 17.1. The van der Waals surface area contributed by atoms with Crippen molar-refractivity contribution in [3.63, 3.8) is 0 Å². The summed E-state index contributed by atoms with van der Waals surface area (Å²) in [5.74, 6) is -0.526. The number of rotatable bonds is 5. The highest BCUT2D eigenvalue weighted by Crippen LogP contribution is 2.25. The molecule has 1 aliphatic heterocycles. The number of carbonyl (C=O) groups is 2. The zero-order valence-corrected chi connectivity index (χ0v) is 18.5. The first kappa shape index (κ1) is 21.6. The number of anilines is 1. The first-order valence-electron chi connectivity index (χ1n) is 11.2. The van der Waals surface area contributed by atoms with Crippen molar-refractivity contribution >= 4 is 17.5 Å². The molecule has 1 aliphatic rings. The number of nitrogens with zero attached hydrogens (tertiary/aromatic N) is 4. The van der Waals surface area contributed by atoms with E-state index in [1.807, 2.05) is 59.4 Å². The van der Waals surface area contributed by atoms with Crippen molar-refractivity contribution in [2.24, 2.45) is 5.92 Å². The van der Waals surface area contributed by atoms with Gasteiger partial charge < -0.3 is 14.8 Å². The minimum atomic E-state index is -0.411. The van der Waals surface area contributed by atoms with E-state index in [9.17, 15) is 14.0 Å². The Balaban J connectivity index is 1.39. The normalized spacial score (nSPS) is 15.8. The highest BCUT2D eigenvalue weighted by Gasteiger charge is 2.31. The lowest BCUT2D eigenvalue weighted by Crippen LogP contribution is -2.44. The Labute approximate surface area is 196 Å². The smallest absolute Gasteiger partial charge is 0.259 e. The van der Waals surface area contributed by atoms with Crippen LogP contribution in [0, 0.1) is 11.7 Å². The van der Waals surface area contributed by atoms with E-state index in [4.69, 9.17) is 0 Å². The minimum Gasteiger partial charge on any atom is -0.338 e. The molecule has 1 unspecified atom stereocenters. The van der Waals surface area contributed by atoms with Crippen LogP contribution in [0.15, 0.2) is 85.3 Å². The van der Waals surface area contributed by atoms with Crippen molar-refractivity contribution in [3.05, 3.63) is 96.7 Å². The van der Waals surface area contributed by atoms with Crippen LogP contribution in [0.3, 0.4) is 0 Å². The van der Waals surface area contributed by atoms with Crippen LogP contribution in [0.4, 0.5) is 10.1 Å². The van der Waals surface area contributed by atoms with Crippen LogP contribution in [-0.4, -0.2) is 44.2 Å². The van der Waals surface area contributed by atoms with Gasteiger partial charge in [0, 0.05) is 31.2 Å². The minimum absolute atomic E-state index is 0.172. The number of hydrogen-bond acceptors (Lipinski definition) is 3. The number of hydrogen-bond donors (Lipinski definition) is 1. The van der Waals surface area contributed by atoms with Gasteiger partial charge in [-0.05, 0) is 55.3 Å². The van der Waals surface area contributed by atoms with E-state index in [-0.39, 0.29) is 17.7 Å². The molecule has 2 aromatic heterocycles. The Hall–Kier alpha value is -4.20. The zero-order chi connectivity index (χ0) is 23.5. The Morgan fingerprint density at radius 1 is 1.00 bits per heavy atom. The fourth-order valence-corrected chi connectivity index (χ4v) is 4.33. The van der Waals surface area contributed by atoms with Crippen molar-refractivity contribution in [1.82, 2.24) is 19.2 Å². The van der Waals surface area contributed by atoms with Crippen molar-refractivity contribution in [2.45, 2.75) is 12.8 Å². The van der Waals surface area contributed by atoms with Gasteiger partial charge in [-0.1, -0.05) is 24.3 Å². The van der Waals surface area contributed by atoms with Crippen molar-refractivity contribution in [2.75, 3.05) is 18.4 Å². The van der Waals surface area contributed by atoms with E-state index >= 15 is 0 Å². The molecule has 1 atom stereocenters. The Bertz CT molecular complexity index is 1300. The van der Waals surface area contributed by atoms with Crippen LogP contribution in [0.1, 0.15) is 23.2 Å². The third kappa shape index (κ3) is 4.34. The molecule has 172 valence electrons. The Morgan fingerprint density at radius 2 is 1.79 bits per heavy atom. The van der Waals surface area contributed by atoms with Gasteiger partial charge in [0.2, 0.25) is 5.91 Å². The van der Waals surface area contributed by atoms with Gasteiger partial charge in [-0.2, -0.15) is 5.10 Å². The van der Waals surface area contributed by atoms with Gasteiger partial charge in [0.15, 0.2) is 5.82 Å². The lowest BCUT2D eigenvalue weighted by molar-refractivity contribution is -0.121. The Kier molecular flexibility index (Phi) is 5.95. The quantitative estimate of drug-likeness (QED) is 0.486. The molecule has 8 heteroatoms. The van der Waals surface area contributed by atoms with Gasteiger partial charge in [-0.25, -0.2) is 9.07 Å². The molecule has 0 saturated carbocycles. The van der Waals surface area contributed by atoms with Gasteiger partial charge >= 0.3 is 0 Å². The molecule has 4 aromatic rings. The third-order valence-electron chi connectivity index (χ3n) is 6.00. The molecule has 1 fully saturated rings. The fraction of sp³-hybridized carbons (Fsp3) is 0.192. The van der Waals surface area contributed by atoms with Crippen LogP contribution in [0.25, 0.3) is 11.5 Å². The van der Waals surface area contributed by atoms with E-state index in [0.717, 1.165) is 5.69 Å². The number of aromatic nitrogens is 3. The van der Waals surface area contributed by atoms with Crippen molar-refractivity contribution in [1.29, 1.82) is 0 Å². The average Bonchev–Trinajstić information content (AvgIpc) is 3.54. The number of carbonyl (C=O) groups excluding carboxylic acids is 2. The molecule has 0 radical (unpaired) electrons. The van der Waals surface area contributed by atoms with Gasteiger partial charge in [-0.15, -0.1) is 0 Å². The first-order valence-corrected chi connectivity index (χ1v) is 11.2. The second-order valence-corrected chi connectivity index (χ2v) is 8.31. The molecule has 2 aromatic carbocycles. The van der Waals surface area contributed by atoms with Crippen LogP contribution in [0.2, 0.25) is 0 Å². The average molecular weight is 458 g/mol. The summed E-state index contributed by atoms with van der Waals surface area (Å²) in [7, 11) is 0. The van der Waals surface area contributed by atoms with Gasteiger partial charge in [0.25, 0.3) is 5.91 Å². The highest BCUT2D eigenvalue weighted by molar-refractivity contribution is 5.98. The first-order chi connectivity index (χ1) is 16.6. The number of piperidine rings is 1. The second kappa shape index (κ2) is 9.35. The van der Waals surface area contributed by atoms with Crippen LogP contribution in [-0.2, 0) is 4.79 Å². The second-order valence-electron chi connectivity index (χ2n) is 8.31. The van der Waals surface area contributed by atoms with E-state index in [2.05, 4.69) is 10.4 Å². The monoisotopic (exact) mass is 457 g/mol. The molecule has 1 N–H and O–H groups in total. The molecular formula is C26H24FN5O2. The maximum Gasteiger partial charge on any atom is 0.259 e. The summed E-state index contributed by atoms with van der Waals surface area (Å²) in [6, 6.07) is 19.2. The molecule has 3 heterocycles. The lowest BCUT2D eigenvalue weighted by Gasteiger charge is -2.32. The SMILES string of the molecule is O=C(Nc1cccc(F)c1)C1CCCN(C(=O)c2cnn(-c3ccccc3)c2-n2cccc2)C1. The standard InChI is InChI=1S/C26H24FN5O2/c27-20-9-6-10-21(16-20)29-24(33)19-8-7-15-31(18-19)26(34)23-17-28-32(22-11-2-1-3-12-22)25(23)30-13-4-5-14-30/h1-6,9-14,16-17,19H,7-8,15,18H2,(H,29,33). The Morgan fingerprint density at radius 3 is 2.56 bits per heavy atom. The molecule has 2 amide bonds. The highest BCUT2D eigenvalue weighted by atomic mass is 19.1. The fourth-order valence-electron chi connectivity index (χ4n) is 4.33. The van der Waals surface area contributed by atoms with Gasteiger partial charge in [0.05, 0.1) is 17.8 Å². The molecule has 7 nitrogen and oxygen atoms in total. The summed E-state index contributed by atoms with van der Waals surface area (Å²) >= 11 is 0. The lowest BCUT2D eigenvalue weighted by atomic mass is 9.96. The topological polar surface area (TPSA) is 72.2 Å². The van der Waals surface area contributed by atoms with Crippen LogP contribution < -0.4 is 5.32 Å². The van der Waals surface area contributed by atoms with E-state index < -0.39 is 5.82 Å². The van der Waals surface area contributed by atoms with E-state index in [0.29, 0.717) is 43.0 Å². The molecule has 0 spiro atoms. The van der Waals surface area contributed by atoms with Gasteiger partial charge in [0.1, 0.15) is 11.4 Å². The molecule has 1 saturated heterocycles. The number of likely N-dealkylation sites (tertiary alicyclic amines) is 1. The maximum absolute atomic E-state index is 13.6. The number of benzene rings is 2. The summed E-state index contributed by atoms with van der Waals surface area (Å²) in [4.78, 5) is 28.2. The van der Waals surface area contributed by atoms with E-state index in [1.54, 1.807) is 27.9 Å². The molecule has 0 bridgehead atoms. The number of para-hydroxylation sites is 1. The van der Waals surface area contributed by atoms with Crippen LogP contribution in [0.5, 0.6) is 0 Å². The third-order valence-corrected chi connectivity index (χ3v) is 6.00.